The molecule has 0 saturated heterocycles. The molecule has 0 aliphatic heterocycles. The number of hydrogen-bond donors (Lipinski definition) is 3. The monoisotopic (exact) mass is 406 g/mol. The second-order valence-electron chi connectivity index (χ2n) is 6.09. The zero-order chi connectivity index (χ0) is 20.7. The van der Waals surface area contributed by atoms with Gasteiger partial charge in [-0.1, -0.05) is 12.1 Å². The van der Waals surface area contributed by atoms with E-state index < -0.39 is 17.9 Å². The molecule has 1 aromatic carbocycles. The van der Waals surface area contributed by atoms with Crippen molar-refractivity contribution in [2.45, 2.75) is 26.4 Å². The quantitative estimate of drug-likeness (QED) is 0.505. The van der Waals surface area contributed by atoms with E-state index in [4.69, 9.17) is 5.11 Å². The second-order valence-corrected chi connectivity index (χ2v) is 7.19. The zero-order valence-corrected chi connectivity index (χ0v) is 16.4. The minimum atomic E-state index is -1.15. The average molecular weight is 406 g/mol. The summed E-state index contributed by atoms with van der Waals surface area (Å²) in [5.74, 6) is -0.809. The smallest absolute Gasteiger partial charge is 0.325 e. The van der Waals surface area contributed by atoms with Crippen LogP contribution in [0.2, 0.25) is 0 Å². The minimum absolute atomic E-state index is 0.114. The molecule has 2 amide bonds. The Balaban J connectivity index is 1.78. The lowest BCUT2D eigenvalue weighted by molar-refractivity contribution is -0.141. The molecule has 1 heterocycles. The molecule has 0 aliphatic carbocycles. The summed E-state index contributed by atoms with van der Waals surface area (Å²) in [5.41, 5.74) is 0.543. The fraction of sp³-hybridized carbons (Fsp3) is 0.389. The molecule has 1 unspecified atom stereocenters. The van der Waals surface area contributed by atoms with Gasteiger partial charge in [-0.05, 0) is 26.0 Å². The SMILES string of the molecule is Cc1nc2ccccc2c(=O)n1CCSCC(=O)NCC(=O)NC(C)C(=O)O. The molecule has 2 aromatic rings. The minimum Gasteiger partial charge on any atom is -0.480 e. The largest absolute Gasteiger partial charge is 0.480 e. The van der Waals surface area contributed by atoms with E-state index in [2.05, 4.69) is 15.6 Å². The number of carboxylic acids is 1. The number of amides is 2. The van der Waals surface area contributed by atoms with Crippen molar-refractivity contribution in [2.24, 2.45) is 0 Å². The number of benzene rings is 1. The van der Waals surface area contributed by atoms with Gasteiger partial charge in [0, 0.05) is 12.3 Å². The zero-order valence-electron chi connectivity index (χ0n) is 15.6. The first-order chi connectivity index (χ1) is 13.3. The highest BCUT2D eigenvalue weighted by atomic mass is 32.2. The number of para-hydroxylation sites is 1. The maximum Gasteiger partial charge on any atom is 0.325 e. The van der Waals surface area contributed by atoms with E-state index >= 15 is 0 Å². The molecule has 9 nitrogen and oxygen atoms in total. The Hall–Kier alpha value is -2.88. The van der Waals surface area contributed by atoms with Crippen LogP contribution in [-0.2, 0) is 20.9 Å². The Morgan fingerprint density at radius 2 is 1.96 bits per heavy atom. The number of rotatable bonds is 9. The van der Waals surface area contributed by atoms with Crippen molar-refractivity contribution in [1.29, 1.82) is 0 Å². The van der Waals surface area contributed by atoms with E-state index in [1.165, 1.54) is 18.7 Å². The van der Waals surface area contributed by atoms with Crippen LogP contribution < -0.4 is 16.2 Å². The lowest BCUT2D eigenvalue weighted by Gasteiger charge is -2.11. The molecule has 0 saturated carbocycles. The lowest BCUT2D eigenvalue weighted by Crippen LogP contribution is -2.44. The molecule has 0 fully saturated rings. The second kappa shape index (κ2) is 9.88. The van der Waals surface area contributed by atoms with Crippen LogP contribution in [-0.4, -0.2) is 56.5 Å². The van der Waals surface area contributed by atoms with Gasteiger partial charge in [-0.3, -0.25) is 23.7 Å². The topological polar surface area (TPSA) is 130 Å². The number of aliphatic carboxylic acids is 1. The van der Waals surface area contributed by atoms with Gasteiger partial charge >= 0.3 is 5.97 Å². The van der Waals surface area contributed by atoms with Gasteiger partial charge in [0.2, 0.25) is 11.8 Å². The summed E-state index contributed by atoms with van der Waals surface area (Å²) >= 11 is 1.32. The Kier molecular flexibility index (Phi) is 7.56. The first-order valence-electron chi connectivity index (χ1n) is 8.62. The Morgan fingerprint density at radius 3 is 2.68 bits per heavy atom. The number of nitrogens with one attached hydrogen (secondary N) is 2. The van der Waals surface area contributed by atoms with E-state index in [1.54, 1.807) is 29.7 Å². The number of carboxylic acid groups (broad SMARTS) is 1. The fourth-order valence-corrected chi connectivity index (χ4v) is 3.19. The standard InChI is InChI=1S/C18H22N4O5S/c1-11(18(26)27)20-15(23)9-19-16(24)10-28-8-7-22-12(2)21-14-6-4-3-5-13(14)17(22)25/h3-6,11H,7-10H2,1-2H3,(H,19,24)(H,20,23)(H,26,27). The molecule has 0 bridgehead atoms. The summed E-state index contributed by atoms with van der Waals surface area (Å²) in [7, 11) is 0. The van der Waals surface area contributed by atoms with E-state index in [9.17, 15) is 19.2 Å². The van der Waals surface area contributed by atoms with Crippen LogP contribution in [0.5, 0.6) is 0 Å². The highest BCUT2D eigenvalue weighted by molar-refractivity contribution is 7.99. The molecule has 3 N–H and O–H groups in total. The number of fused-ring (bicyclic) bond motifs is 1. The summed E-state index contributed by atoms with van der Waals surface area (Å²) in [6.07, 6.45) is 0. The van der Waals surface area contributed by atoms with E-state index in [0.717, 1.165) is 0 Å². The first kappa shape index (κ1) is 21.4. The maximum absolute atomic E-state index is 12.5. The van der Waals surface area contributed by atoms with Gasteiger partial charge in [-0.25, -0.2) is 4.98 Å². The lowest BCUT2D eigenvalue weighted by atomic mass is 10.2. The summed E-state index contributed by atoms with van der Waals surface area (Å²) < 4.78 is 1.58. The number of aryl methyl sites for hydroxylation is 1. The van der Waals surface area contributed by atoms with Crippen LogP contribution in [0.3, 0.4) is 0 Å². The number of nitrogens with zero attached hydrogens (tertiary/aromatic N) is 2. The van der Waals surface area contributed by atoms with Crippen molar-refractivity contribution >= 4 is 40.4 Å². The number of hydrogen-bond acceptors (Lipinski definition) is 6. The van der Waals surface area contributed by atoms with Crippen LogP contribution in [0.4, 0.5) is 0 Å². The van der Waals surface area contributed by atoms with Gasteiger partial charge in [0.1, 0.15) is 11.9 Å². The molecule has 0 spiro atoms. The average Bonchev–Trinajstić information content (AvgIpc) is 2.65. The Labute approximate surface area is 165 Å². The van der Waals surface area contributed by atoms with Crippen LogP contribution in [0.15, 0.2) is 29.1 Å². The van der Waals surface area contributed by atoms with Crippen LogP contribution in [0.1, 0.15) is 12.7 Å². The molecule has 0 aliphatic rings. The molecule has 2 rings (SSSR count). The van der Waals surface area contributed by atoms with E-state index in [-0.39, 0.29) is 23.8 Å². The summed E-state index contributed by atoms with van der Waals surface area (Å²) in [6, 6.07) is 6.13. The molecule has 10 heteroatoms. The summed E-state index contributed by atoms with van der Waals surface area (Å²) in [4.78, 5) is 50.9. The molecule has 1 aromatic heterocycles. The highest BCUT2D eigenvalue weighted by Gasteiger charge is 2.14. The highest BCUT2D eigenvalue weighted by Crippen LogP contribution is 2.08. The maximum atomic E-state index is 12.5. The number of thioether (sulfide) groups is 1. The van der Waals surface area contributed by atoms with E-state index in [1.807, 2.05) is 6.07 Å². The van der Waals surface area contributed by atoms with Gasteiger partial charge in [-0.15, -0.1) is 0 Å². The molecular weight excluding hydrogens is 384 g/mol. The van der Waals surface area contributed by atoms with Gasteiger partial charge in [0.05, 0.1) is 23.2 Å². The van der Waals surface area contributed by atoms with Crippen LogP contribution >= 0.6 is 11.8 Å². The van der Waals surface area contributed by atoms with Crippen molar-refractivity contribution < 1.29 is 19.5 Å². The third-order valence-corrected chi connectivity index (χ3v) is 4.88. The molecule has 1 atom stereocenters. The van der Waals surface area contributed by atoms with Gasteiger partial charge in [-0.2, -0.15) is 11.8 Å². The van der Waals surface area contributed by atoms with Crippen molar-refractivity contribution in [3.05, 3.63) is 40.4 Å². The van der Waals surface area contributed by atoms with Gasteiger partial charge in [0.25, 0.3) is 5.56 Å². The summed E-state index contributed by atoms with van der Waals surface area (Å²) in [6.45, 7) is 3.23. The molecule has 28 heavy (non-hydrogen) atoms. The molecular formula is C18H22N4O5S. The Morgan fingerprint density at radius 1 is 1.25 bits per heavy atom. The number of carbonyl (C=O) groups excluding carboxylic acids is 2. The van der Waals surface area contributed by atoms with Gasteiger partial charge in [0.15, 0.2) is 0 Å². The van der Waals surface area contributed by atoms with Gasteiger partial charge < -0.3 is 15.7 Å². The predicted molar refractivity (Wildman–Crippen MR) is 106 cm³/mol. The fourth-order valence-electron chi connectivity index (χ4n) is 2.45. The molecule has 150 valence electrons. The van der Waals surface area contributed by atoms with Crippen LogP contribution in [0.25, 0.3) is 10.9 Å². The predicted octanol–water partition coefficient (Wildman–Crippen LogP) is 0.144. The van der Waals surface area contributed by atoms with Crippen LogP contribution in [0, 0.1) is 6.92 Å². The van der Waals surface area contributed by atoms with E-state index in [0.29, 0.717) is 29.0 Å². The normalized spacial score (nSPS) is 11.8. The van der Waals surface area contributed by atoms with Crippen molar-refractivity contribution in [3.8, 4) is 0 Å². The molecule has 0 radical (unpaired) electrons. The first-order valence-corrected chi connectivity index (χ1v) is 9.78. The third kappa shape index (κ3) is 5.81. The van der Waals surface area contributed by atoms with Crippen molar-refractivity contribution in [2.75, 3.05) is 18.1 Å². The van der Waals surface area contributed by atoms with Crippen molar-refractivity contribution in [3.63, 3.8) is 0 Å². The van der Waals surface area contributed by atoms with Crippen molar-refractivity contribution in [1.82, 2.24) is 20.2 Å². The number of aromatic nitrogens is 2. The Bertz CT molecular complexity index is 943. The summed E-state index contributed by atoms with van der Waals surface area (Å²) in [5, 5.41) is 13.9. The third-order valence-electron chi connectivity index (χ3n) is 3.94. The number of carbonyl (C=O) groups is 3.